The number of ketones is 1. The number of hydrogen-bond donors (Lipinski definition) is 2. The van der Waals surface area contributed by atoms with Crippen molar-refractivity contribution in [3.8, 4) is 11.3 Å². The number of benzene rings is 1. The summed E-state index contributed by atoms with van der Waals surface area (Å²) in [5.74, 6) is 0.900. The first kappa shape index (κ1) is 15.0. The molecule has 0 amide bonds. The molecule has 0 saturated carbocycles. The fraction of sp³-hybridized carbons (Fsp3) is 0.294. The Kier molecular flexibility index (Phi) is 3.91. The van der Waals surface area contributed by atoms with Gasteiger partial charge in [-0.2, -0.15) is 5.10 Å². The Hall–Kier alpha value is -1.88. The number of aromatic nitrogens is 2. The quantitative estimate of drug-likeness (QED) is 0.846. The van der Waals surface area contributed by atoms with Gasteiger partial charge in [-0.05, 0) is 29.5 Å². The fourth-order valence-corrected chi connectivity index (χ4v) is 3.02. The molecule has 22 heavy (non-hydrogen) atoms. The zero-order valence-corrected chi connectivity index (χ0v) is 14.2. The van der Waals surface area contributed by atoms with Crippen LogP contribution in [0.2, 0.25) is 0 Å². The molecule has 114 valence electrons. The van der Waals surface area contributed by atoms with Crippen molar-refractivity contribution in [2.45, 2.75) is 26.7 Å². The lowest BCUT2D eigenvalue weighted by atomic mass is 9.79. The van der Waals surface area contributed by atoms with Crippen molar-refractivity contribution in [2.24, 2.45) is 5.41 Å². The van der Waals surface area contributed by atoms with Crippen LogP contribution in [0.1, 0.15) is 26.7 Å². The number of halogens is 1. The van der Waals surface area contributed by atoms with Crippen LogP contribution in [-0.4, -0.2) is 16.0 Å². The van der Waals surface area contributed by atoms with Crippen molar-refractivity contribution in [3.63, 3.8) is 0 Å². The highest BCUT2D eigenvalue weighted by atomic mass is 79.9. The predicted molar refractivity (Wildman–Crippen MR) is 91.5 cm³/mol. The van der Waals surface area contributed by atoms with Crippen molar-refractivity contribution in [2.75, 3.05) is 5.32 Å². The maximum Gasteiger partial charge on any atom is 0.157 e. The average molecular weight is 360 g/mol. The lowest BCUT2D eigenvalue weighted by Gasteiger charge is -2.28. The predicted octanol–water partition coefficient (Wildman–Crippen LogP) is 4.52. The van der Waals surface area contributed by atoms with E-state index in [0.717, 1.165) is 33.7 Å². The Morgan fingerprint density at radius 1 is 1.23 bits per heavy atom. The molecule has 0 bridgehead atoms. The van der Waals surface area contributed by atoms with Gasteiger partial charge < -0.3 is 5.32 Å². The first-order valence-corrected chi connectivity index (χ1v) is 8.02. The van der Waals surface area contributed by atoms with E-state index in [1.165, 1.54) is 0 Å². The van der Waals surface area contributed by atoms with Gasteiger partial charge in [0, 0.05) is 28.7 Å². The van der Waals surface area contributed by atoms with Gasteiger partial charge in [-0.15, -0.1) is 0 Å². The molecular formula is C17H18BrN3O. The third-order valence-corrected chi connectivity index (χ3v) is 4.21. The van der Waals surface area contributed by atoms with E-state index in [4.69, 9.17) is 0 Å². The number of carbonyl (C=O) groups excluding carboxylic acids is 1. The maximum atomic E-state index is 11.8. The monoisotopic (exact) mass is 359 g/mol. The van der Waals surface area contributed by atoms with E-state index in [1.54, 1.807) is 6.08 Å². The number of allylic oxidation sites excluding steroid dienone is 2. The van der Waals surface area contributed by atoms with Gasteiger partial charge in [0.15, 0.2) is 11.6 Å². The van der Waals surface area contributed by atoms with Crippen LogP contribution < -0.4 is 5.32 Å². The smallest absolute Gasteiger partial charge is 0.157 e. The first-order chi connectivity index (χ1) is 10.4. The third kappa shape index (κ3) is 3.47. The molecule has 0 radical (unpaired) electrons. The summed E-state index contributed by atoms with van der Waals surface area (Å²) in [5.41, 5.74) is 2.93. The number of hydrogen-bond acceptors (Lipinski definition) is 3. The Bertz CT molecular complexity index is 729. The van der Waals surface area contributed by atoms with E-state index in [1.807, 2.05) is 30.3 Å². The summed E-state index contributed by atoms with van der Waals surface area (Å²) in [5, 5.41) is 10.6. The summed E-state index contributed by atoms with van der Waals surface area (Å²) in [4.78, 5) is 11.8. The van der Waals surface area contributed by atoms with E-state index in [-0.39, 0.29) is 11.2 Å². The largest absolute Gasteiger partial charge is 0.342 e. The average Bonchev–Trinajstić information content (AvgIpc) is 2.85. The van der Waals surface area contributed by atoms with Crippen LogP contribution in [0.5, 0.6) is 0 Å². The minimum atomic E-state index is -0.000981. The van der Waals surface area contributed by atoms with Gasteiger partial charge in [0.1, 0.15) is 0 Å². The van der Waals surface area contributed by atoms with Crippen molar-refractivity contribution >= 4 is 27.5 Å². The summed E-state index contributed by atoms with van der Waals surface area (Å²) >= 11 is 3.43. The molecule has 1 aliphatic carbocycles. The van der Waals surface area contributed by atoms with Crippen LogP contribution >= 0.6 is 15.9 Å². The van der Waals surface area contributed by atoms with Crippen LogP contribution in [0.25, 0.3) is 11.3 Å². The molecule has 1 aliphatic rings. The summed E-state index contributed by atoms with van der Waals surface area (Å²) in [6.07, 6.45) is 3.14. The lowest BCUT2D eigenvalue weighted by molar-refractivity contribution is -0.117. The normalized spacial score (nSPS) is 17.2. The molecular weight excluding hydrogens is 342 g/mol. The molecule has 0 unspecified atom stereocenters. The van der Waals surface area contributed by atoms with Crippen LogP contribution in [0.3, 0.4) is 0 Å². The van der Waals surface area contributed by atoms with Gasteiger partial charge in [-0.25, -0.2) is 0 Å². The van der Waals surface area contributed by atoms with E-state index in [9.17, 15) is 4.79 Å². The molecule has 5 heteroatoms. The minimum absolute atomic E-state index is 0.000981. The summed E-state index contributed by atoms with van der Waals surface area (Å²) in [6, 6.07) is 9.99. The van der Waals surface area contributed by atoms with E-state index >= 15 is 0 Å². The van der Waals surface area contributed by atoms with Crippen LogP contribution in [-0.2, 0) is 4.79 Å². The van der Waals surface area contributed by atoms with Gasteiger partial charge in [0.25, 0.3) is 0 Å². The van der Waals surface area contributed by atoms with E-state index < -0.39 is 0 Å². The van der Waals surface area contributed by atoms with Gasteiger partial charge in [-0.3, -0.25) is 9.89 Å². The molecule has 1 heterocycles. The Morgan fingerprint density at radius 3 is 2.64 bits per heavy atom. The second kappa shape index (κ2) is 5.72. The Labute approximate surface area is 138 Å². The van der Waals surface area contributed by atoms with E-state index in [2.05, 4.69) is 45.3 Å². The van der Waals surface area contributed by atoms with E-state index in [0.29, 0.717) is 6.42 Å². The van der Waals surface area contributed by atoms with Gasteiger partial charge in [0.2, 0.25) is 0 Å². The van der Waals surface area contributed by atoms with Gasteiger partial charge in [0.05, 0.1) is 5.69 Å². The van der Waals surface area contributed by atoms with Crippen LogP contribution in [0, 0.1) is 5.41 Å². The van der Waals surface area contributed by atoms with Gasteiger partial charge >= 0.3 is 0 Å². The molecule has 2 aromatic rings. The van der Waals surface area contributed by atoms with Crippen LogP contribution in [0.15, 0.2) is 46.6 Å². The number of nitrogens with zero attached hydrogens (tertiary/aromatic N) is 1. The van der Waals surface area contributed by atoms with Crippen molar-refractivity contribution in [1.29, 1.82) is 0 Å². The molecule has 0 saturated heterocycles. The van der Waals surface area contributed by atoms with Crippen molar-refractivity contribution in [3.05, 3.63) is 46.6 Å². The Balaban J connectivity index is 1.77. The summed E-state index contributed by atoms with van der Waals surface area (Å²) in [6.45, 7) is 4.22. The highest BCUT2D eigenvalue weighted by molar-refractivity contribution is 9.10. The molecule has 0 aliphatic heterocycles. The molecule has 4 nitrogen and oxygen atoms in total. The number of nitrogens with one attached hydrogen (secondary N) is 2. The number of anilines is 1. The molecule has 0 spiro atoms. The van der Waals surface area contributed by atoms with Crippen LogP contribution in [0.4, 0.5) is 5.82 Å². The third-order valence-electron chi connectivity index (χ3n) is 3.68. The fourth-order valence-electron chi connectivity index (χ4n) is 2.75. The molecule has 3 rings (SSSR count). The molecule has 0 atom stereocenters. The molecule has 2 N–H and O–H groups in total. The summed E-state index contributed by atoms with van der Waals surface area (Å²) in [7, 11) is 0. The summed E-state index contributed by atoms with van der Waals surface area (Å²) < 4.78 is 1.04. The van der Waals surface area contributed by atoms with Crippen molar-refractivity contribution in [1.82, 2.24) is 10.2 Å². The zero-order valence-electron chi connectivity index (χ0n) is 12.6. The molecule has 1 aromatic carbocycles. The minimum Gasteiger partial charge on any atom is -0.342 e. The zero-order chi connectivity index (χ0) is 15.7. The Morgan fingerprint density at radius 2 is 1.95 bits per heavy atom. The standard InChI is InChI=1S/C17H18BrN3O/c1-17(2)9-13(7-14(22)10-17)19-16-8-15(20-21-16)11-3-5-12(18)6-4-11/h3-8H,9-10H2,1-2H3,(H2,19,20,21). The lowest BCUT2D eigenvalue weighted by Crippen LogP contribution is -2.24. The second-order valence-corrected chi connectivity index (χ2v) is 7.37. The molecule has 1 aromatic heterocycles. The van der Waals surface area contributed by atoms with Gasteiger partial charge in [-0.1, -0.05) is 41.9 Å². The number of rotatable bonds is 3. The van der Waals surface area contributed by atoms with Crippen molar-refractivity contribution < 1.29 is 4.79 Å². The number of H-pyrrole nitrogens is 1. The molecule has 0 fully saturated rings. The second-order valence-electron chi connectivity index (χ2n) is 6.45. The number of aromatic amines is 1. The topological polar surface area (TPSA) is 57.8 Å². The highest BCUT2D eigenvalue weighted by Crippen LogP contribution is 2.34. The number of carbonyl (C=O) groups is 1. The SMILES string of the molecule is CC1(C)CC(=O)C=C(Nc2cc(-c3ccc(Br)cc3)[nH]n2)C1. The first-order valence-electron chi connectivity index (χ1n) is 7.23. The maximum absolute atomic E-state index is 11.8. The highest BCUT2D eigenvalue weighted by Gasteiger charge is 2.27.